The molecule has 0 bridgehead atoms. The van der Waals surface area contributed by atoms with E-state index in [2.05, 4.69) is 62.6 Å². The summed E-state index contributed by atoms with van der Waals surface area (Å²) in [4.78, 5) is 82.6. The van der Waals surface area contributed by atoms with E-state index in [0.717, 1.165) is 62.1 Å². The number of fused-ring (bicyclic) bond motifs is 4. The van der Waals surface area contributed by atoms with Gasteiger partial charge in [0, 0.05) is 111 Å². The zero-order valence-electron chi connectivity index (χ0n) is 39.4. The van der Waals surface area contributed by atoms with Crippen LogP contribution in [0.3, 0.4) is 0 Å². The van der Waals surface area contributed by atoms with Crippen LogP contribution in [0, 0.1) is 23.2 Å². The largest absolute Gasteiger partial charge is 0.392 e. The fourth-order valence-corrected chi connectivity index (χ4v) is 11.6. The molecule has 16 nitrogen and oxygen atoms in total. The van der Waals surface area contributed by atoms with Crippen molar-refractivity contribution in [1.29, 1.82) is 0 Å². The Morgan fingerprint density at radius 2 is 1.77 bits per heavy atom. The standard InChI is InChI=1S/C53H56N10O6/c1-31-27-59(37-20-32(21-37)8-9-33-6-5-7-39-40(33)29-63(50(39)67)43-11-13-47(65)57-49(43)66)16-17-60(31)36-10-12-46(55-26-36)56-42-22-35(28-58(4)51(42)68)38-14-15-54-48(41(38)30-64)62-19-18-61-44(52(62)69)23-34-24-53(2,3)25-45(34)61/h5-7,10,12,14-15,22-23,26,28,31-32,37,43,64H,11,13,16-21,24-25,27,29-30H2,1-4H3,(H,55,56)(H,57,65,66)/t31-,32?,37?,43?/m0/s1. The molecule has 8 heterocycles. The molecule has 2 saturated heterocycles. The number of hydrogen-bond donors (Lipinski definition) is 3. The third-order valence-corrected chi connectivity index (χ3v) is 15.2. The topological polar surface area (TPSA) is 178 Å². The van der Waals surface area contributed by atoms with Crippen molar-refractivity contribution in [3.63, 3.8) is 0 Å². The molecule has 2 aliphatic carbocycles. The van der Waals surface area contributed by atoms with Crippen LogP contribution in [0.2, 0.25) is 0 Å². The molecule has 354 valence electrons. The SMILES string of the molecule is C[C@H]1CN(C2CC(C#Cc3cccc4c3CN(C3CCC(=O)NC3=O)C4=O)C2)CCN1c1ccc(Nc2cc(-c3ccnc(N4CCn5c(cc6c5CC(C)(C)C6)C4=O)c3CO)cn(C)c2=O)nc1. The van der Waals surface area contributed by atoms with Gasteiger partial charge < -0.3 is 29.4 Å². The molecule has 4 amide bonds. The summed E-state index contributed by atoms with van der Waals surface area (Å²) in [6.07, 6.45) is 9.62. The number of benzene rings is 1. The first-order valence-corrected chi connectivity index (χ1v) is 24.1. The Bertz CT molecular complexity index is 3080. The number of rotatable bonds is 8. The number of aryl methyl sites for hydroxylation is 1. The number of amides is 4. The maximum atomic E-state index is 14.0. The van der Waals surface area contributed by atoms with E-state index >= 15 is 0 Å². The van der Waals surface area contributed by atoms with Crippen LogP contribution in [0.1, 0.15) is 95.2 Å². The number of anilines is 4. The van der Waals surface area contributed by atoms with E-state index in [1.54, 1.807) is 47.4 Å². The Balaban J connectivity index is 0.716. The normalized spacial score (nSPS) is 22.9. The van der Waals surface area contributed by atoms with Gasteiger partial charge in [0.2, 0.25) is 11.8 Å². The van der Waals surface area contributed by atoms with Gasteiger partial charge in [0.15, 0.2) is 0 Å². The van der Waals surface area contributed by atoms with Gasteiger partial charge >= 0.3 is 0 Å². The summed E-state index contributed by atoms with van der Waals surface area (Å²) in [7, 11) is 1.69. The van der Waals surface area contributed by atoms with Gasteiger partial charge in [0.05, 0.1) is 18.5 Å². The van der Waals surface area contributed by atoms with Crippen molar-refractivity contribution < 1.29 is 24.3 Å². The van der Waals surface area contributed by atoms with E-state index in [1.807, 2.05) is 36.5 Å². The second kappa shape index (κ2) is 17.1. The molecule has 4 aromatic heterocycles. The number of aliphatic hydroxyl groups is 1. The number of imide groups is 1. The van der Waals surface area contributed by atoms with Crippen molar-refractivity contribution in [2.45, 2.75) is 97.1 Å². The van der Waals surface area contributed by atoms with Crippen molar-refractivity contribution in [2.75, 3.05) is 41.3 Å². The van der Waals surface area contributed by atoms with Gasteiger partial charge in [-0.05, 0) is 104 Å². The molecule has 4 aliphatic heterocycles. The molecule has 6 aliphatic rings. The Morgan fingerprint density at radius 1 is 0.928 bits per heavy atom. The molecule has 11 rings (SSSR count). The molecule has 3 N–H and O–H groups in total. The molecule has 5 aromatic rings. The number of nitrogens with zero attached hydrogens (tertiary/aromatic N) is 8. The quantitative estimate of drug-likeness (QED) is 0.144. The van der Waals surface area contributed by atoms with Gasteiger partial charge in [-0.25, -0.2) is 9.97 Å². The number of nitrogens with one attached hydrogen (secondary N) is 2. The van der Waals surface area contributed by atoms with Gasteiger partial charge in [0.25, 0.3) is 17.4 Å². The minimum absolute atomic E-state index is 0.131. The molecule has 1 saturated carbocycles. The predicted octanol–water partition coefficient (Wildman–Crippen LogP) is 4.77. The zero-order chi connectivity index (χ0) is 47.9. The van der Waals surface area contributed by atoms with E-state index in [4.69, 9.17) is 4.98 Å². The maximum Gasteiger partial charge on any atom is 0.276 e. The van der Waals surface area contributed by atoms with Crippen molar-refractivity contribution in [3.05, 3.63) is 117 Å². The number of piperazine rings is 1. The third-order valence-electron chi connectivity index (χ3n) is 15.2. The lowest BCUT2D eigenvalue weighted by Gasteiger charge is -2.48. The second-order valence-corrected chi connectivity index (χ2v) is 20.4. The highest BCUT2D eigenvalue weighted by molar-refractivity contribution is 6.07. The fraction of sp³-hybridized carbons (Fsp3) is 0.415. The first-order chi connectivity index (χ1) is 33.2. The van der Waals surface area contributed by atoms with Gasteiger partial charge in [0.1, 0.15) is 29.1 Å². The number of hydrogen-bond acceptors (Lipinski definition) is 11. The van der Waals surface area contributed by atoms with E-state index in [1.165, 1.54) is 15.8 Å². The van der Waals surface area contributed by atoms with Crippen LogP contribution in [0.4, 0.5) is 23.0 Å². The lowest BCUT2D eigenvalue weighted by atomic mass is 9.79. The minimum atomic E-state index is -0.653. The van der Waals surface area contributed by atoms with Crippen LogP contribution >= 0.6 is 0 Å². The molecule has 16 heteroatoms. The summed E-state index contributed by atoms with van der Waals surface area (Å²) in [6, 6.07) is 15.1. The van der Waals surface area contributed by atoms with Crippen LogP contribution in [-0.4, -0.2) is 102 Å². The van der Waals surface area contributed by atoms with Crippen LogP contribution in [0.5, 0.6) is 0 Å². The summed E-state index contributed by atoms with van der Waals surface area (Å²) >= 11 is 0. The van der Waals surface area contributed by atoms with Crippen molar-refractivity contribution >= 4 is 46.6 Å². The maximum absolute atomic E-state index is 14.0. The fourth-order valence-electron chi connectivity index (χ4n) is 11.6. The van der Waals surface area contributed by atoms with Crippen LogP contribution in [0.15, 0.2) is 71.9 Å². The highest BCUT2D eigenvalue weighted by Crippen LogP contribution is 2.41. The van der Waals surface area contributed by atoms with E-state index in [0.29, 0.717) is 77.4 Å². The predicted molar refractivity (Wildman–Crippen MR) is 260 cm³/mol. The van der Waals surface area contributed by atoms with Crippen LogP contribution in [0.25, 0.3) is 11.1 Å². The van der Waals surface area contributed by atoms with Gasteiger partial charge in [-0.2, -0.15) is 0 Å². The summed E-state index contributed by atoms with van der Waals surface area (Å²) in [5.74, 6) is 7.00. The van der Waals surface area contributed by atoms with E-state index in [-0.39, 0.29) is 53.7 Å². The highest BCUT2D eigenvalue weighted by atomic mass is 16.3. The Morgan fingerprint density at radius 3 is 2.54 bits per heavy atom. The molecule has 1 unspecified atom stereocenters. The number of carbonyl (C=O) groups is 4. The number of pyridine rings is 3. The highest BCUT2D eigenvalue weighted by Gasteiger charge is 2.41. The first-order valence-electron chi connectivity index (χ1n) is 24.1. The first kappa shape index (κ1) is 44.4. The van der Waals surface area contributed by atoms with Crippen molar-refractivity contribution in [2.24, 2.45) is 18.4 Å². The van der Waals surface area contributed by atoms with Gasteiger partial charge in [-0.3, -0.25) is 39.1 Å². The Kier molecular flexibility index (Phi) is 11.0. The molecule has 0 spiro atoms. The zero-order valence-corrected chi connectivity index (χ0v) is 39.4. The van der Waals surface area contributed by atoms with Crippen molar-refractivity contribution in [3.8, 4) is 23.0 Å². The Hall–Kier alpha value is -7.09. The lowest BCUT2D eigenvalue weighted by Crippen LogP contribution is -2.57. The van der Waals surface area contributed by atoms with E-state index < -0.39 is 11.9 Å². The average Bonchev–Trinajstić information content (AvgIpc) is 3.94. The minimum Gasteiger partial charge on any atom is -0.392 e. The molecule has 1 aromatic carbocycles. The van der Waals surface area contributed by atoms with Gasteiger partial charge in [-0.1, -0.05) is 31.8 Å². The molecular formula is C53H56N10O6. The number of aromatic nitrogens is 4. The molecular weight excluding hydrogens is 873 g/mol. The molecule has 0 radical (unpaired) electrons. The molecule has 2 atom stereocenters. The summed E-state index contributed by atoms with van der Waals surface area (Å²) in [5, 5.41) is 16.4. The van der Waals surface area contributed by atoms with Crippen molar-refractivity contribution in [1.82, 2.24) is 34.2 Å². The number of aliphatic hydroxyl groups excluding tert-OH is 1. The monoisotopic (exact) mass is 928 g/mol. The third kappa shape index (κ3) is 7.96. The molecule has 69 heavy (non-hydrogen) atoms. The van der Waals surface area contributed by atoms with Crippen LogP contribution < -0.4 is 26.0 Å². The van der Waals surface area contributed by atoms with E-state index in [9.17, 15) is 29.1 Å². The van der Waals surface area contributed by atoms with Gasteiger partial charge in [-0.15, -0.1) is 0 Å². The number of carbonyl (C=O) groups excluding carboxylic acids is 4. The van der Waals surface area contributed by atoms with Crippen LogP contribution in [-0.2, 0) is 49.2 Å². The number of piperidine rings is 1. The Labute approximate surface area is 400 Å². The smallest absolute Gasteiger partial charge is 0.276 e. The lowest BCUT2D eigenvalue weighted by molar-refractivity contribution is -0.136. The molecule has 3 fully saturated rings. The average molecular weight is 929 g/mol. The summed E-state index contributed by atoms with van der Waals surface area (Å²) in [6.45, 7) is 10.5. The second-order valence-electron chi connectivity index (χ2n) is 20.4. The summed E-state index contributed by atoms with van der Waals surface area (Å²) in [5.41, 5.74) is 8.53. The summed E-state index contributed by atoms with van der Waals surface area (Å²) < 4.78 is 3.67.